The molecule has 0 aliphatic carbocycles. The van der Waals surface area contributed by atoms with Crippen molar-refractivity contribution in [3.63, 3.8) is 0 Å². The molecule has 0 saturated heterocycles. The summed E-state index contributed by atoms with van der Waals surface area (Å²) >= 11 is 12.1. The van der Waals surface area contributed by atoms with Crippen LogP contribution in [-0.2, 0) is 14.9 Å². The van der Waals surface area contributed by atoms with Gasteiger partial charge in [0, 0.05) is 22.0 Å². The Morgan fingerprint density at radius 1 is 1.47 bits per heavy atom. The molecular weight excluding hydrogens is 261 g/mol. The van der Waals surface area contributed by atoms with Crippen LogP contribution >= 0.6 is 23.2 Å². The highest BCUT2D eigenvalue weighted by Gasteiger charge is 2.31. The molecule has 2 N–H and O–H groups in total. The Labute approximate surface area is 111 Å². The van der Waals surface area contributed by atoms with E-state index in [0.29, 0.717) is 10.0 Å². The van der Waals surface area contributed by atoms with Gasteiger partial charge in [0.1, 0.15) is 0 Å². The van der Waals surface area contributed by atoms with E-state index in [9.17, 15) is 4.79 Å². The summed E-state index contributed by atoms with van der Waals surface area (Å²) in [7, 11) is 1.35. The van der Waals surface area contributed by atoms with Crippen LogP contribution in [0.25, 0.3) is 0 Å². The molecule has 0 saturated carbocycles. The summed E-state index contributed by atoms with van der Waals surface area (Å²) in [6.45, 7) is 2.14. The lowest BCUT2D eigenvalue weighted by Gasteiger charge is -2.28. The minimum absolute atomic E-state index is 0.167. The lowest BCUT2D eigenvalue weighted by Crippen LogP contribution is -2.35. The Bertz CT molecular complexity index is 423. The zero-order valence-electron chi connectivity index (χ0n) is 9.80. The molecule has 0 amide bonds. The van der Waals surface area contributed by atoms with Crippen molar-refractivity contribution in [1.82, 2.24) is 0 Å². The zero-order valence-corrected chi connectivity index (χ0v) is 11.3. The van der Waals surface area contributed by atoms with Crippen molar-refractivity contribution in [2.75, 3.05) is 13.7 Å². The Hall–Kier alpha value is -0.770. The van der Waals surface area contributed by atoms with Crippen LogP contribution < -0.4 is 5.73 Å². The number of ether oxygens (including phenoxy) is 1. The number of benzene rings is 1. The third kappa shape index (κ3) is 3.35. The van der Waals surface area contributed by atoms with Crippen molar-refractivity contribution in [2.24, 2.45) is 5.73 Å². The Morgan fingerprint density at radius 2 is 2.12 bits per heavy atom. The van der Waals surface area contributed by atoms with Crippen molar-refractivity contribution in [3.8, 4) is 0 Å². The quantitative estimate of drug-likeness (QED) is 0.860. The highest BCUT2D eigenvalue weighted by atomic mass is 35.5. The fourth-order valence-electron chi connectivity index (χ4n) is 1.63. The summed E-state index contributed by atoms with van der Waals surface area (Å²) in [4.78, 5) is 11.4. The molecule has 0 spiro atoms. The number of carbonyl (C=O) groups is 1. The maximum absolute atomic E-state index is 11.4. The number of hydrogen-bond acceptors (Lipinski definition) is 3. The van der Waals surface area contributed by atoms with E-state index in [1.165, 1.54) is 7.11 Å². The first-order valence-corrected chi connectivity index (χ1v) is 5.91. The molecule has 1 unspecified atom stereocenters. The van der Waals surface area contributed by atoms with Crippen LogP contribution in [0.15, 0.2) is 18.2 Å². The zero-order chi connectivity index (χ0) is 13.1. The van der Waals surface area contributed by atoms with E-state index < -0.39 is 5.41 Å². The topological polar surface area (TPSA) is 52.3 Å². The summed E-state index contributed by atoms with van der Waals surface area (Å²) in [5.74, 6) is -0.325. The Morgan fingerprint density at radius 3 is 2.65 bits per heavy atom. The molecule has 1 atom stereocenters. The third-order valence-corrected chi connectivity index (χ3v) is 3.36. The standard InChI is InChI=1S/C12H15Cl2NO2/c1-12(7-15,6-11(16)17-2)9-5-8(13)3-4-10(9)14/h3-5H,6-7,15H2,1-2H3. The first-order chi connectivity index (χ1) is 7.92. The normalized spacial score (nSPS) is 14.2. The first kappa shape index (κ1) is 14.3. The van der Waals surface area contributed by atoms with Crippen LogP contribution in [0.5, 0.6) is 0 Å². The molecule has 0 heterocycles. The van der Waals surface area contributed by atoms with Gasteiger partial charge in [0.25, 0.3) is 0 Å². The third-order valence-electron chi connectivity index (χ3n) is 2.79. The molecule has 0 bridgehead atoms. The molecular formula is C12H15Cl2NO2. The van der Waals surface area contributed by atoms with Gasteiger partial charge in [0.2, 0.25) is 0 Å². The number of esters is 1. The fourth-order valence-corrected chi connectivity index (χ4v) is 2.15. The summed E-state index contributed by atoms with van der Waals surface area (Å²) in [5.41, 5.74) is 5.94. The predicted octanol–water partition coefficient (Wildman–Crippen LogP) is 2.77. The van der Waals surface area contributed by atoms with Gasteiger partial charge in [-0.05, 0) is 23.8 Å². The van der Waals surface area contributed by atoms with Crippen LogP contribution in [0, 0.1) is 0 Å². The largest absolute Gasteiger partial charge is 0.469 e. The summed E-state index contributed by atoms with van der Waals surface area (Å²) < 4.78 is 4.67. The molecule has 17 heavy (non-hydrogen) atoms. The highest BCUT2D eigenvalue weighted by Crippen LogP contribution is 2.34. The van der Waals surface area contributed by atoms with Crippen molar-refractivity contribution in [2.45, 2.75) is 18.8 Å². The van der Waals surface area contributed by atoms with Crippen LogP contribution in [0.1, 0.15) is 18.9 Å². The van der Waals surface area contributed by atoms with Gasteiger partial charge >= 0.3 is 5.97 Å². The van der Waals surface area contributed by atoms with E-state index in [2.05, 4.69) is 4.74 Å². The van der Waals surface area contributed by atoms with Crippen LogP contribution in [0.2, 0.25) is 10.0 Å². The van der Waals surface area contributed by atoms with Gasteiger partial charge in [-0.2, -0.15) is 0 Å². The maximum Gasteiger partial charge on any atom is 0.306 e. The smallest absolute Gasteiger partial charge is 0.306 e. The SMILES string of the molecule is COC(=O)CC(C)(CN)c1cc(Cl)ccc1Cl. The highest BCUT2D eigenvalue weighted by molar-refractivity contribution is 6.33. The molecule has 0 radical (unpaired) electrons. The Balaban J connectivity index is 3.15. The van der Waals surface area contributed by atoms with E-state index in [-0.39, 0.29) is 18.9 Å². The van der Waals surface area contributed by atoms with E-state index in [1.54, 1.807) is 18.2 Å². The van der Waals surface area contributed by atoms with Gasteiger partial charge in [-0.15, -0.1) is 0 Å². The van der Waals surface area contributed by atoms with Gasteiger partial charge in [0.15, 0.2) is 0 Å². The molecule has 5 heteroatoms. The number of methoxy groups -OCH3 is 1. The average molecular weight is 276 g/mol. The summed E-state index contributed by atoms with van der Waals surface area (Å²) in [5, 5.41) is 1.11. The van der Waals surface area contributed by atoms with Crippen LogP contribution in [-0.4, -0.2) is 19.6 Å². The molecule has 0 aliphatic rings. The van der Waals surface area contributed by atoms with Crippen LogP contribution in [0.3, 0.4) is 0 Å². The monoisotopic (exact) mass is 275 g/mol. The molecule has 3 nitrogen and oxygen atoms in total. The number of rotatable bonds is 4. The number of carbonyl (C=O) groups excluding carboxylic acids is 1. The van der Waals surface area contributed by atoms with Crippen molar-refractivity contribution >= 4 is 29.2 Å². The van der Waals surface area contributed by atoms with Gasteiger partial charge in [-0.25, -0.2) is 0 Å². The summed E-state index contributed by atoms with van der Waals surface area (Å²) in [6, 6.07) is 5.13. The molecule has 1 rings (SSSR count). The molecule has 0 fully saturated rings. The number of halogens is 2. The minimum atomic E-state index is -0.574. The second-order valence-corrected chi connectivity index (χ2v) is 4.99. The van der Waals surface area contributed by atoms with E-state index in [0.717, 1.165) is 5.56 Å². The fraction of sp³-hybridized carbons (Fsp3) is 0.417. The van der Waals surface area contributed by atoms with Crippen molar-refractivity contribution in [3.05, 3.63) is 33.8 Å². The van der Waals surface area contributed by atoms with E-state index in [4.69, 9.17) is 28.9 Å². The lowest BCUT2D eigenvalue weighted by atomic mass is 9.79. The molecule has 0 aromatic heterocycles. The van der Waals surface area contributed by atoms with Gasteiger partial charge in [-0.1, -0.05) is 30.1 Å². The second kappa shape index (κ2) is 5.71. The predicted molar refractivity (Wildman–Crippen MR) is 69.5 cm³/mol. The molecule has 1 aromatic rings. The molecule has 1 aromatic carbocycles. The number of nitrogens with two attached hydrogens (primary N) is 1. The van der Waals surface area contributed by atoms with Gasteiger partial charge in [-0.3, -0.25) is 4.79 Å². The Kier molecular flexibility index (Phi) is 4.80. The van der Waals surface area contributed by atoms with Crippen LogP contribution in [0.4, 0.5) is 0 Å². The number of hydrogen-bond donors (Lipinski definition) is 1. The molecule has 0 aliphatic heterocycles. The maximum atomic E-state index is 11.4. The summed E-state index contributed by atoms with van der Waals surface area (Å²) in [6.07, 6.45) is 0.167. The van der Waals surface area contributed by atoms with Crippen molar-refractivity contribution in [1.29, 1.82) is 0 Å². The van der Waals surface area contributed by atoms with Gasteiger partial charge < -0.3 is 10.5 Å². The van der Waals surface area contributed by atoms with Crippen molar-refractivity contribution < 1.29 is 9.53 Å². The minimum Gasteiger partial charge on any atom is -0.469 e. The lowest BCUT2D eigenvalue weighted by molar-refractivity contribution is -0.141. The van der Waals surface area contributed by atoms with E-state index >= 15 is 0 Å². The average Bonchev–Trinajstić information content (AvgIpc) is 2.31. The van der Waals surface area contributed by atoms with Gasteiger partial charge in [0.05, 0.1) is 13.5 Å². The molecule has 94 valence electrons. The van der Waals surface area contributed by atoms with E-state index in [1.807, 2.05) is 6.92 Å². The second-order valence-electron chi connectivity index (χ2n) is 4.14. The first-order valence-electron chi connectivity index (χ1n) is 5.15.